The minimum atomic E-state index is 0.0674. The van der Waals surface area contributed by atoms with Crippen molar-refractivity contribution in [3.05, 3.63) is 48.0 Å². The Labute approximate surface area is 109 Å². The summed E-state index contributed by atoms with van der Waals surface area (Å²) in [5, 5.41) is 2.83. The van der Waals surface area contributed by atoms with E-state index >= 15 is 0 Å². The number of carbonyl (C=O) groups is 1. The van der Waals surface area contributed by atoms with E-state index in [2.05, 4.69) is 11.9 Å². The highest BCUT2D eigenvalue weighted by atomic mass is 16.5. The van der Waals surface area contributed by atoms with Gasteiger partial charge >= 0.3 is 0 Å². The molecule has 0 aliphatic rings. The number of amides is 1. The minimum Gasteiger partial charge on any atom is -0.375 e. The molecule has 0 aromatic heterocycles. The maximum atomic E-state index is 11.5. The lowest BCUT2D eigenvalue weighted by Crippen LogP contribution is -2.27. The largest absolute Gasteiger partial charge is 0.375 e. The fourth-order valence-corrected chi connectivity index (χ4v) is 1.50. The SMILES string of the molecule is C=C(C)COCCNC(=O)CCc1ccccc1. The second-order valence-electron chi connectivity index (χ2n) is 4.35. The summed E-state index contributed by atoms with van der Waals surface area (Å²) < 4.78 is 5.29. The fraction of sp³-hybridized carbons (Fsp3) is 0.400. The van der Waals surface area contributed by atoms with Crippen LogP contribution in [0.2, 0.25) is 0 Å². The van der Waals surface area contributed by atoms with E-state index in [1.807, 2.05) is 37.3 Å². The first-order chi connectivity index (χ1) is 8.68. The average molecular weight is 247 g/mol. The molecule has 3 nitrogen and oxygen atoms in total. The standard InChI is InChI=1S/C15H21NO2/c1-13(2)12-18-11-10-16-15(17)9-8-14-6-4-3-5-7-14/h3-7H,1,8-12H2,2H3,(H,16,17). The zero-order chi connectivity index (χ0) is 13.2. The van der Waals surface area contributed by atoms with E-state index < -0.39 is 0 Å². The highest BCUT2D eigenvalue weighted by molar-refractivity contribution is 5.76. The number of benzene rings is 1. The van der Waals surface area contributed by atoms with Crippen molar-refractivity contribution in [3.63, 3.8) is 0 Å². The van der Waals surface area contributed by atoms with Gasteiger partial charge in [-0.3, -0.25) is 4.79 Å². The molecule has 1 aromatic carbocycles. The van der Waals surface area contributed by atoms with E-state index in [1.54, 1.807) is 0 Å². The van der Waals surface area contributed by atoms with Crippen LogP contribution in [0, 0.1) is 0 Å². The molecule has 1 amide bonds. The first-order valence-electron chi connectivity index (χ1n) is 6.21. The van der Waals surface area contributed by atoms with Gasteiger partial charge in [0.25, 0.3) is 0 Å². The minimum absolute atomic E-state index is 0.0674. The molecular weight excluding hydrogens is 226 g/mol. The molecule has 0 aliphatic carbocycles. The van der Waals surface area contributed by atoms with Crippen molar-refractivity contribution < 1.29 is 9.53 Å². The Kier molecular flexibility index (Phi) is 6.81. The van der Waals surface area contributed by atoms with Gasteiger partial charge in [0.2, 0.25) is 5.91 Å². The zero-order valence-corrected chi connectivity index (χ0v) is 10.9. The van der Waals surface area contributed by atoms with Crippen LogP contribution in [0.1, 0.15) is 18.9 Å². The lowest BCUT2D eigenvalue weighted by molar-refractivity contribution is -0.121. The Morgan fingerprint density at radius 1 is 1.33 bits per heavy atom. The predicted octanol–water partition coefficient (Wildman–Crippen LogP) is 2.33. The molecule has 0 bridgehead atoms. The van der Waals surface area contributed by atoms with Gasteiger partial charge in [-0.25, -0.2) is 0 Å². The van der Waals surface area contributed by atoms with Crippen LogP contribution in [-0.2, 0) is 16.0 Å². The molecule has 0 atom stereocenters. The van der Waals surface area contributed by atoms with E-state index in [1.165, 1.54) is 5.56 Å². The van der Waals surface area contributed by atoms with E-state index in [9.17, 15) is 4.79 Å². The summed E-state index contributed by atoms with van der Waals surface area (Å²) >= 11 is 0. The Bertz CT molecular complexity index is 373. The molecule has 0 heterocycles. The second-order valence-corrected chi connectivity index (χ2v) is 4.35. The van der Waals surface area contributed by atoms with E-state index in [0.29, 0.717) is 26.2 Å². The van der Waals surface area contributed by atoms with Crippen LogP contribution >= 0.6 is 0 Å². The lowest BCUT2D eigenvalue weighted by Gasteiger charge is -2.06. The van der Waals surface area contributed by atoms with Gasteiger partial charge in [-0.1, -0.05) is 42.5 Å². The molecule has 1 N–H and O–H groups in total. The number of aryl methyl sites for hydroxylation is 1. The predicted molar refractivity (Wildman–Crippen MR) is 73.4 cm³/mol. The van der Waals surface area contributed by atoms with Crippen LogP contribution in [0.15, 0.2) is 42.5 Å². The molecule has 0 unspecified atom stereocenters. The van der Waals surface area contributed by atoms with Gasteiger partial charge in [0.1, 0.15) is 0 Å². The van der Waals surface area contributed by atoms with Crippen molar-refractivity contribution in [2.75, 3.05) is 19.8 Å². The van der Waals surface area contributed by atoms with Gasteiger partial charge in [0, 0.05) is 13.0 Å². The summed E-state index contributed by atoms with van der Waals surface area (Å²) in [4.78, 5) is 11.5. The number of hydrogen-bond donors (Lipinski definition) is 1. The zero-order valence-electron chi connectivity index (χ0n) is 10.9. The summed E-state index contributed by atoms with van der Waals surface area (Å²) in [5.74, 6) is 0.0674. The number of hydrogen-bond acceptors (Lipinski definition) is 2. The van der Waals surface area contributed by atoms with Crippen molar-refractivity contribution in [1.29, 1.82) is 0 Å². The first-order valence-corrected chi connectivity index (χ1v) is 6.21. The summed E-state index contributed by atoms with van der Waals surface area (Å²) in [6.07, 6.45) is 1.30. The normalized spacial score (nSPS) is 10.1. The lowest BCUT2D eigenvalue weighted by atomic mass is 10.1. The van der Waals surface area contributed by atoms with Crippen LogP contribution in [0.3, 0.4) is 0 Å². The van der Waals surface area contributed by atoms with Crippen molar-refractivity contribution >= 4 is 5.91 Å². The third-order valence-corrected chi connectivity index (χ3v) is 2.40. The first kappa shape index (κ1) is 14.5. The van der Waals surface area contributed by atoms with Crippen LogP contribution < -0.4 is 5.32 Å². The van der Waals surface area contributed by atoms with Crippen molar-refractivity contribution in [2.45, 2.75) is 19.8 Å². The maximum Gasteiger partial charge on any atom is 0.220 e. The molecule has 0 spiro atoms. The highest BCUT2D eigenvalue weighted by Gasteiger charge is 2.01. The molecule has 0 saturated heterocycles. The van der Waals surface area contributed by atoms with Crippen LogP contribution in [0.4, 0.5) is 0 Å². The van der Waals surface area contributed by atoms with Crippen molar-refractivity contribution in [2.24, 2.45) is 0 Å². The molecular formula is C15H21NO2. The molecule has 98 valence electrons. The van der Waals surface area contributed by atoms with Crippen LogP contribution in [-0.4, -0.2) is 25.7 Å². The van der Waals surface area contributed by atoms with Gasteiger partial charge in [-0.2, -0.15) is 0 Å². The van der Waals surface area contributed by atoms with Crippen LogP contribution in [0.5, 0.6) is 0 Å². The van der Waals surface area contributed by atoms with Crippen molar-refractivity contribution in [3.8, 4) is 0 Å². The molecule has 1 aromatic rings. The van der Waals surface area contributed by atoms with E-state index in [4.69, 9.17) is 4.74 Å². The van der Waals surface area contributed by atoms with Gasteiger partial charge < -0.3 is 10.1 Å². The highest BCUT2D eigenvalue weighted by Crippen LogP contribution is 2.01. The third-order valence-electron chi connectivity index (χ3n) is 2.40. The van der Waals surface area contributed by atoms with Gasteiger partial charge in [-0.05, 0) is 18.9 Å². The summed E-state index contributed by atoms with van der Waals surface area (Å²) in [6, 6.07) is 10.0. The second kappa shape index (κ2) is 8.48. The smallest absolute Gasteiger partial charge is 0.220 e. The molecule has 0 saturated carbocycles. The Balaban J connectivity index is 2.06. The number of ether oxygens (including phenoxy) is 1. The average Bonchev–Trinajstić information content (AvgIpc) is 2.37. The maximum absolute atomic E-state index is 11.5. The fourth-order valence-electron chi connectivity index (χ4n) is 1.50. The molecule has 0 aliphatic heterocycles. The van der Waals surface area contributed by atoms with Crippen molar-refractivity contribution in [1.82, 2.24) is 5.32 Å². The number of rotatable bonds is 8. The summed E-state index contributed by atoms with van der Waals surface area (Å²) in [7, 11) is 0. The number of nitrogens with one attached hydrogen (secondary N) is 1. The molecule has 1 rings (SSSR count). The topological polar surface area (TPSA) is 38.3 Å². The van der Waals surface area contributed by atoms with E-state index in [0.717, 1.165) is 12.0 Å². The molecule has 0 fully saturated rings. The van der Waals surface area contributed by atoms with E-state index in [-0.39, 0.29) is 5.91 Å². The van der Waals surface area contributed by atoms with Gasteiger partial charge in [-0.15, -0.1) is 0 Å². The summed E-state index contributed by atoms with van der Waals surface area (Å²) in [5.41, 5.74) is 2.18. The number of carbonyl (C=O) groups excluding carboxylic acids is 1. The monoisotopic (exact) mass is 247 g/mol. The third kappa shape index (κ3) is 6.86. The van der Waals surface area contributed by atoms with Gasteiger partial charge in [0.15, 0.2) is 0 Å². The summed E-state index contributed by atoms with van der Waals surface area (Å²) in [6.45, 7) is 7.30. The molecule has 0 radical (unpaired) electrons. The van der Waals surface area contributed by atoms with Gasteiger partial charge in [0.05, 0.1) is 13.2 Å². The molecule has 3 heteroatoms. The Morgan fingerprint density at radius 3 is 2.72 bits per heavy atom. The Morgan fingerprint density at radius 2 is 2.06 bits per heavy atom. The Hall–Kier alpha value is -1.61. The van der Waals surface area contributed by atoms with Crippen LogP contribution in [0.25, 0.3) is 0 Å². The molecule has 18 heavy (non-hydrogen) atoms. The quantitative estimate of drug-likeness (QED) is 0.565.